The molecule has 2 heteroatoms. The van der Waals surface area contributed by atoms with Crippen LogP contribution < -0.4 is 5.73 Å². The summed E-state index contributed by atoms with van der Waals surface area (Å²) in [4.78, 5) is 0. The Morgan fingerprint density at radius 3 is 3.08 bits per heavy atom. The highest BCUT2D eigenvalue weighted by atomic mass is 16.3. The molecule has 0 bridgehead atoms. The normalized spacial score (nSPS) is 21.0. The van der Waals surface area contributed by atoms with E-state index in [1.54, 1.807) is 0 Å². The summed E-state index contributed by atoms with van der Waals surface area (Å²) in [6.07, 6.45) is 2.13. The van der Waals surface area contributed by atoms with Gasteiger partial charge < -0.3 is 10.8 Å². The number of nitrogens with two attached hydrogens (primary N) is 1. The molecule has 0 radical (unpaired) electrons. The van der Waals surface area contributed by atoms with Gasteiger partial charge in [0.2, 0.25) is 0 Å². The molecule has 0 aromatic heterocycles. The van der Waals surface area contributed by atoms with Gasteiger partial charge in [-0.2, -0.15) is 0 Å². The van der Waals surface area contributed by atoms with Gasteiger partial charge in [-0.3, -0.25) is 0 Å². The highest BCUT2D eigenvalue weighted by molar-refractivity contribution is 5.37. The Morgan fingerprint density at radius 2 is 2.33 bits per heavy atom. The zero-order valence-corrected chi connectivity index (χ0v) is 6.96. The van der Waals surface area contributed by atoms with Gasteiger partial charge in [0.25, 0.3) is 0 Å². The number of benzene rings is 1. The zero-order chi connectivity index (χ0) is 8.55. The highest BCUT2D eigenvalue weighted by Crippen LogP contribution is 2.29. The van der Waals surface area contributed by atoms with Gasteiger partial charge in [0.15, 0.2) is 0 Å². The van der Waals surface area contributed by atoms with E-state index < -0.39 is 0 Å². The number of hydrogen-bond acceptors (Lipinski definition) is 2. The van der Waals surface area contributed by atoms with E-state index in [0.717, 1.165) is 18.4 Å². The van der Waals surface area contributed by atoms with Crippen LogP contribution in [0.25, 0.3) is 0 Å². The van der Waals surface area contributed by atoms with Crippen molar-refractivity contribution in [1.82, 2.24) is 0 Å². The molecule has 1 atom stereocenters. The average Bonchev–Trinajstić information content (AvgIpc) is 2.47. The monoisotopic (exact) mass is 163 g/mol. The van der Waals surface area contributed by atoms with Gasteiger partial charge >= 0.3 is 0 Å². The third-order valence-electron chi connectivity index (χ3n) is 2.52. The standard InChI is InChI=1S/C10H13NO/c11-10-4-3-8-2-1-7(6-12)5-9(8)10/h1-2,5,10,12H,3-4,6,11H2/t10-/m1/s1. The van der Waals surface area contributed by atoms with E-state index in [1.165, 1.54) is 11.1 Å². The van der Waals surface area contributed by atoms with E-state index in [1.807, 2.05) is 12.1 Å². The average molecular weight is 163 g/mol. The number of fused-ring (bicyclic) bond motifs is 1. The molecule has 0 heterocycles. The fourth-order valence-corrected chi connectivity index (χ4v) is 1.78. The first kappa shape index (κ1) is 7.77. The SMILES string of the molecule is N[C@@H]1CCc2ccc(CO)cc21. The number of aliphatic hydroxyl groups is 1. The van der Waals surface area contributed by atoms with Gasteiger partial charge in [-0.1, -0.05) is 18.2 Å². The molecule has 2 nitrogen and oxygen atoms in total. The molecule has 1 aromatic carbocycles. The Hall–Kier alpha value is -0.860. The first-order chi connectivity index (χ1) is 5.81. The molecule has 1 aliphatic rings. The lowest BCUT2D eigenvalue weighted by molar-refractivity contribution is 0.281. The van der Waals surface area contributed by atoms with Crippen molar-refractivity contribution in [3.05, 3.63) is 34.9 Å². The van der Waals surface area contributed by atoms with Gasteiger partial charge in [-0.25, -0.2) is 0 Å². The Morgan fingerprint density at radius 1 is 1.50 bits per heavy atom. The van der Waals surface area contributed by atoms with Crippen LogP contribution in [-0.4, -0.2) is 5.11 Å². The first-order valence-corrected chi connectivity index (χ1v) is 4.29. The second-order valence-corrected chi connectivity index (χ2v) is 3.34. The maximum absolute atomic E-state index is 8.91. The van der Waals surface area contributed by atoms with E-state index in [4.69, 9.17) is 10.8 Å². The molecule has 1 aromatic rings. The fraction of sp³-hybridized carbons (Fsp3) is 0.400. The molecule has 3 N–H and O–H groups in total. The van der Waals surface area contributed by atoms with Gasteiger partial charge in [0.05, 0.1) is 6.61 Å². The smallest absolute Gasteiger partial charge is 0.0681 e. The van der Waals surface area contributed by atoms with E-state index in [-0.39, 0.29) is 12.6 Å². The largest absolute Gasteiger partial charge is 0.392 e. The van der Waals surface area contributed by atoms with Crippen LogP contribution in [0.5, 0.6) is 0 Å². The molecule has 0 spiro atoms. The Kier molecular flexibility index (Phi) is 1.87. The molecular formula is C10H13NO. The summed E-state index contributed by atoms with van der Waals surface area (Å²) in [6, 6.07) is 6.25. The van der Waals surface area contributed by atoms with E-state index >= 15 is 0 Å². The summed E-state index contributed by atoms with van der Waals surface area (Å²) in [5.74, 6) is 0. The van der Waals surface area contributed by atoms with E-state index in [2.05, 4.69) is 6.07 Å². The van der Waals surface area contributed by atoms with Crippen molar-refractivity contribution in [2.24, 2.45) is 5.73 Å². The predicted molar refractivity (Wildman–Crippen MR) is 47.6 cm³/mol. The molecule has 0 unspecified atom stereocenters. The molecule has 0 amide bonds. The number of rotatable bonds is 1. The zero-order valence-electron chi connectivity index (χ0n) is 6.96. The summed E-state index contributed by atoms with van der Waals surface area (Å²) in [5, 5.41) is 8.91. The lowest BCUT2D eigenvalue weighted by atomic mass is 10.1. The quantitative estimate of drug-likeness (QED) is 0.651. The molecule has 0 aliphatic heterocycles. The third kappa shape index (κ3) is 1.13. The van der Waals surface area contributed by atoms with Crippen LogP contribution in [0.1, 0.15) is 29.2 Å². The van der Waals surface area contributed by atoms with Crippen LogP contribution in [0, 0.1) is 0 Å². The van der Waals surface area contributed by atoms with Gasteiger partial charge in [0.1, 0.15) is 0 Å². The molecule has 2 rings (SSSR count). The summed E-state index contributed by atoms with van der Waals surface area (Å²) in [7, 11) is 0. The van der Waals surface area contributed by atoms with Crippen molar-refractivity contribution >= 4 is 0 Å². The second kappa shape index (κ2) is 2.88. The van der Waals surface area contributed by atoms with Crippen LogP contribution in [0.4, 0.5) is 0 Å². The van der Waals surface area contributed by atoms with Gasteiger partial charge in [-0.15, -0.1) is 0 Å². The van der Waals surface area contributed by atoms with Crippen LogP contribution >= 0.6 is 0 Å². The third-order valence-corrected chi connectivity index (χ3v) is 2.52. The van der Waals surface area contributed by atoms with Crippen molar-refractivity contribution in [2.45, 2.75) is 25.5 Å². The Bertz CT molecular complexity index is 296. The predicted octanol–water partition coefficient (Wildman–Crippen LogP) is 1.12. The van der Waals surface area contributed by atoms with Gasteiger partial charge in [-0.05, 0) is 29.5 Å². The van der Waals surface area contributed by atoms with E-state index in [9.17, 15) is 0 Å². The van der Waals surface area contributed by atoms with Crippen LogP contribution in [-0.2, 0) is 13.0 Å². The fourth-order valence-electron chi connectivity index (χ4n) is 1.78. The first-order valence-electron chi connectivity index (χ1n) is 4.29. The van der Waals surface area contributed by atoms with Gasteiger partial charge in [0, 0.05) is 6.04 Å². The minimum Gasteiger partial charge on any atom is -0.392 e. The Labute approximate surface area is 72.0 Å². The molecule has 0 saturated carbocycles. The molecule has 0 saturated heterocycles. The van der Waals surface area contributed by atoms with E-state index in [0.29, 0.717) is 0 Å². The Balaban J connectivity index is 2.43. The number of hydrogen-bond donors (Lipinski definition) is 2. The van der Waals surface area contributed by atoms with Crippen LogP contribution in [0.3, 0.4) is 0 Å². The number of aryl methyl sites for hydroxylation is 1. The number of aliphatic hydroxyl groups excluding tert-OH is 1. The second-order valence-electron chi connectivity index (χ2n) is 3.34. The minimum absolute atomic E-state index is 0.111. The summed E-state index contributed by atoms with van der Waals surface area (Å²) in [6.45, 7) is 0.111. The molecular weight excluding hydrogens is 150 g/mol. The summed E-state index contributed by atoms with van der Waals surface area (Å²) >= 11 is 0. The van der Waals surface area contributed by atoms with Crippen molar-refractivity contribution in [2.75, 3.05) is 0 Å². The lowest BCUT2D eigenvalue weighted by Gasteiger charge is -2.05. The topological polar surface area (TPSA) is 46.2 Å². The van der Waals surface area contributed by atoms with Crippen molar-refractivity contribution < 1.29 is 5.11 Å². The summed E-state index contributed by atoms with van der Waals surface area (Å²) in [5.41, 5.74) is 9.42. The molecule has 0 fully saturated rings. The molecule has 64 valence electrons. The van der Waals surface area contributed by atoms with Crippen LogP contribution in [0.2, 0.25) is 0 Å². The molecule has 12 heavy (non-hydrogen) atoms. The van der Waals surface area contributed by atoms with Crippen molar-refractivity contribution in [1.29, 1.82) is 0 Å². The maximum atomic E-state index is 8.91. The lowest BCUT2D eigenvalue weighted by Crippen LogP contribution is -2.05. The van der Waals surface area contributed by atoms with Crippen LogP contribution in [0.15, 0.2) is 18.2 Å². The highest BCUT2D eigenvalue weighted by Gasteiger charge is 2.18. The maximum Gasteiger partial charge on any atom is 0.0681 e. The molecule has 1 aliphatic carbocycles. The van der Waals surface area contributed by atoms with Crippen molar-refractivity contribution in [3.63, 3.8) is 0 Å². The van der Waals surface area contributed by atoms with Crippen molar-refractivity contribution in [3.8, 4) is 0 Å². The summed E-state index contributed by atoms with van der Waals surface area (Å²) < 4.78 is 0. The minimum atomic E-state index is 0.111.